The lowest BCUT2D eigenvalue weighted by molar-refractivity contribution is -0.141. The van der Waals surface area contributed by atoms with Crippen LogP contribution in [0, 0.1) is 0 Å². The Morgan fingerprint density at radius 2 is 2.18 bits per heavy atom. The van der Waals surface area contributed by atoms with E-state index in [1.807, 2.05) is 0 Å². The zero-order valence-corrected chi connectivity index (χ0v) is 8.92. The summed E-state index contributed by atoms with van der Waals surface area (Å²) in [6.45, 7) is 0.829. The van der Waals surface area contributed by atoms with Crippen molar-refractivity contribution in [3.63, 3.8) is 0 Å². The van der Waals surface area contributed by atoms with Crippen molar-refractivity contribution in [3.8, 4) is 5.88 Å². The second kappa shape index (κ2) is 3.60. The highest BCUT2D eigenvalue weighted by atomic mass is 19.4. The average Bonchev–Trinajstić information content (AvgIpc) is 2.27. The third-order valence-corrected chi connectivity index (χ3v) is 3.19. The van der Waals surface area contributed by atoms with E-state index in [0.29, 0.717) is 0 Å². The lowest BCUT2D eigenvalue weighted by Gasteiger charge is -2.36. The Kier molecular flexibility index (Phi) is 2.29. The Morgan fingerprint density at radius 3 is 2.94 bits per heavy atom. The van der Waals surface area contributed by atoms with Crippen LogP contribution in [0.25, 0.3) is 0 Å². The molecule has 0 saturated carbocycles. The van der Waals surface area contributed by atoms with Crippen molar-refractivity contribution in [2.24, 2.45) is 0 Å². The van der Waals surface area contributed by atoms with E-state index in [4.69, 9.17) is 4.74 Å². The van der Waals surface area contributed by atoms with Gasteiger partial charge in [-0.15, -0.1) is 0 Å². The van der Waals surface area contributed by atoms with Gasteiger partial charge >= 0.3 is 6.18 Å². The molecule has 2 aliphatic heterocycles. The van der Waals surface area contributed by atoms with Gasteiger partial charge in [-0.3, -0.25) is 0 Å². The van der Waals surface area contributed by atoms with Gasteiger partial charge in [-0.05, 0) is 25.1 Å². The highest BCUT2D eigenvalue weighted by molar-refractivity contribution is 5.34. The molecule has 0 aliphatic carbocycles. The van der Waals surface area contributed by atoms with Crippen LogP contribution in [0.2, 0.25) is 0 Å². The van der Waals surface area contributed by atoms with Crippen molar-refractivity contribution >= 4 is 0 Å². The third-order valence-electron chi connectivity index (χ3n) is 3.19. The first kappa shape index (κ1) is 10.8. The van der Waals surface area contributed by atoms with Gasteiger partial charge in [-0.25, -0.2) is 4.98 Å². The van der Waals surface area contributed by atoms with E-state index in [0.717, 1.165) is 31.0 Å². The fraction of sp³-hybridized carbons (Fsp3) is 0.545. The van der Waals surface area contributed by atoms with Crippen LogP contribution in [0.15, 0.2) is 12.1 Å². The minimum Gasteiger partial charge on any atom is -0.474 e. The number of piperidine rings is 1. The average molecular weight is 244 g/mol. The molecule has 1 aromatic rings. The number of rotatable bonds is 0. The molecular weight excluding hydrogens is 233 g/mol. The fourth-order valence-electron chi connectivity index (χ4n) is 2.35. The molecule has 2 bridgehead atoms. The molecule has 92 valence electrons. The first-order valence-corrected chi connectivity index (χ1v) is 5.52. The number of halogens is 3. The molecule has 3 rings (SSSR count). The molecule has 1 saturated heterocycles. The molecule has 0 amide bonds. The van der Waals surface area contributed by atoms with Crippen LogP contribution in [-0.2, 0) is 6.18 Å². The molecule has 1 fully saturated rings. The molecule has 0 unspecified atom stereocenters. The first-order chi connectivity index (χ1) is 8.04. The number of alkyl halides is 3. The zero-order valence-electron chi connectivity index (χ0n) is 8.92. The molecule has 3 heterocycles. The van der Waals surface area contributed by atoms with Crippen LogP contribution in [0.1, 0.15) is 30.1 Å². The maximum atomic E-state index is 12.5. The highest BCUT2D eigenvalue weighted by Crippen LogP contribution is 2.38. The topological polar surface area (TPSA) is 34.1 Å². The highest BCUT2D eigenvalue weighted by Gasteiger charge is 2.37. The minimum atomic E-state index is -4.42. The van der Waals surface area contributed by atoms with E-state index in [1.54, 1.807) is 0 Å². The van der Waals surface area contributed by atoms with Crippen LogP contribution in [-0.4, -0.2) is 17.6 Å². The Morgan fingerprint density at radius 1 is 1.35 bits per heavy atom. The summed E-state index contributed by atoms with van der Waals surface area (Å²) in [7, 11) is 0. The van der Waals surface area contributed by atoms with Gasteiger partial charge in [0.1, 0.15) is 11.8 Å². The molecule has 1 aromatic heterocycles. The van der Waals surface area contributed by atoms with Gasteiger partial charge < -0.3 is 10.1 Å². The number of nitrogens with one attached hydrogen (secondary N) is 1. The maximum absolute atomic E-state index is 12.5. The molecule has 2 aliphatic rings. The van der Waals surface area contributed by atoms with E-state index >= 15 is 0 Å². The summed E-state index contributed by atoms with van der Waals surface area (Å²) in [5.41, 5.74) is -0.162. The van der Waals surface area contributed by atoms with Crippen molar-refractivity contribution in [2.45, 2.75) is 31.2 Å². The van der Waals surface area contributed by atoms with Crippen LogP contribution >= 0.6 is 0 Å². The predicted molar refractivity (Wildman–Crippen MR) is 53.6 cm³/mol. The smallest absolute Gasteiger partial charge is 0.433 e. The maximum Gasteiger partial charge on any atom is 0.433 e. The van der Waals surface area contributed by atoms with E-state index in [9.17, 15) is 13.2 Å². The Hall–Kier alpha value is -1.30. The summed E-state index contributed by atoms with van der Waals surface area (Å²) in [6.07, 6.45) is -2.81. The molecule has 1 N–H and O–H groups in total. The summed E-state index contributed by atoms with van der Waals surface area (Å²) in [4.78, 5) is 3.58. The second-order valence-corrected chi connectivity index (χ2v) is 4.36. The van der Waals surface area contributed by atoms with Gasteiger partial charge in [0.05, 0.1) is 0 Å². The van der Waals surface area contributed by atoms with Crippen LogP contribution in [0.3, 0.4) is 0 Å². The van der Waals surface area contributed by atoms with E-state index in [-0.39, 0.29) is 18.0 Å². The number of pyridine rings is 1. The van der Waals surface area contributed by atoms with E-state index in [2.05, 4.69) is 10.3 Å². The van der Waals surface area contributed by atoms with E-state index in [1.165, 1.54) is 6.07 Å². The second-order valence-electron chi connectivity index (χ2n) is 4.36. The van der Waals surface area contributed by atoms with Gasteiger partial charge in [0.15, 0.2) is 0 Å². The zero-order chi connectivity index (χ0) is 12.0. The van der Waals surface area contributed by atoms with Crippen LogP contribution in [0.4, 0.5) is 13.2 Å². The summed E-state index contributed by atoms with van der Waals surface area (Å²) in [5.74, 6) is 0.133. The van der Waals surface area contributed by atoms with Gasteiger partial charge in [-0.1, -0.05) is 0 Å². The summed E-state index contributed by atoms with van der Waals surface area (Å²) < 4.78 is 43.0. The normalized spacial score (nSPS) is 27.2. The minimum absolute atomic E-state index is 0.00951. The van der Waals surface area contributed by atoms with Crippen molar-refractivity contribution in [1.82, 2.24) is 10.3 Å². The molecular formula is C11H11F3N2O. The molecule has 6 heteroatoms. The lowest BCUT2D eigenvalue weighted by Crippen LogP contribution is -2.41. The van der Waals surface area contributed by atoms with Crippen molar-refractivity contribution in [2.75, 3.05) is 6.54 Å². The number of fused-ring (bicyclic) bond motifs is 4. The fourth-order valence-corrected chi connectivity index (χ4v) is 2.35. The predicted octanol–water partition coefficient (Wildman–Crippen LogP) is 2.29. The molecule has 0 radical (unpaired) electrons. The summed E-state index contributed by atoms with van der Waals surface area (Å²) >= 11 is 0. The van der Waals surface area contributed by atoms with Gasteiger partial charge in [0.2, 0.25) is 5.88 Å². The number of hydrogen-bond donors (Lipinski definition) is 1. The standard InChI is InChI=1S/C11H11F3N2O/c12-11(13,14)9-2-1-7-8-5-6(3-4-15-8)17-10(7)16-9/h1-2,6,8,15H,3-5H2/t6-,8+/m1/s1. The summed E-state index contributed by atoms with van der Waals surface area (Å²) in [5, 5.41) is 3.26. The monoisotopic (exact) mass is 244 g/mol. The van der Waals surface area contributed by atoms with Gasteiger partial charge in [0.25, 0.3) is 0 Å². The Balaban J connectivity index is 2.01. The largest absolute Gasteiger partial charge is 0.474 e. The van der Waals surface area contributed by atoms with Crippen molar-refractivity contribution < 1.29 is 17.9 Å². The summed E-state index contributed by atoms with van der Waals surface area (Å²) in [6, 6.07) is 2.55. The van der Waals surface area contributed by atoms with Crippen LogP contribution in [0.5, 0.6) is 5.88 Å². The number of nitrogens with zero attached hydrogens (tertiary/aromatic N) is 1. The third kappa shape index (κ3) is 1.86. The van der Waals surface area contributed by atoms with Gasteiger partial charge in [0, 0.05) is 18.0 Å². The molecule has 3 nitrogen and oxygen atoms in total. The number of ether oxygens (including phenoxy) is 1. The molecule has 0 aromatic carbocycles. The quantitative estimate of drug-likeness (QED) is 0.760. The first-order valence-electron chi connectivity index (χ1n) is 5.52. The number of hydrogen-bond acceptors (Lipinski definition) is 3. The molecule has 17 heavy (non-hydrogen) atoms. The SMILES string of the molecule is FC(F)(F)c1ccc2c(n1)O[C@@H]1CCN[C@H]2C1. The Labute approximate surface area is 96.0 Å². The number of aromatic nitrogens is 1. The van der Waals surface area contributed by atoms with E-state index < -0.39 is 11.9 Å². The van der Waals surface area contributed by atoms with Crippen molar-refractivity contribution in [1.29, 1.82) is 0 Å². The molecule has 2 atom stereocenters. The van der Waals surface area contributed by atoms with Crippen molar-refractivity contribution in [3.05, 3.63) is 23.4 Å². The van der Waals surface area contributed by atoms with Gasteiger partial charge in [-0.2, -0.15) is 13.2 Å². The van der Waals surface area contributed by atoms with Crippen LogP contribution < -0.4 is 10.1 Å². The molecule has 0 spiro atoms. The Bertz CT molecular complexity index is 447. The lowest BCUT2D eigenvalue weighted by atomic mass is 9.93.